The molecular formula is C29H34F3N5O3S. The normalized spacial score (nSPS) is 21.9. The van der Waals surface area contributed by atoms with Crippen LogP contribution in [0.2, 0.25) is 0 Å². The lowest BCUT2D eigenvalue weighted by atomic mass is 9.89. The number of fused-ring (bicyclic) bond motifs is 4. The van der Waals surface area contributed by atoms with Gasteiger partial charge in [-0.05, 0) is 49.4 Å². The number of hydrogen-bond acceptors (Lipinski definition) is 7. The third kappa shape index (κ3) is 7.80. The molecule has 12 heteroatoms. The number of anilines is 1. The van der Waals surface area contributed by atoms with Crippen LogP contribution in [0.3, 0.4) is 0 Å². The number of benzene rings is 1. The highest BCUT2D eigenvalue weighted by Crippen LogP contribution is 2.40. The van der Waals surface area contributed by atoms with Gasteiger partial charge in [-0.15, -0.1) is 11.3 Å². The Morgan fingerprint density at radius 3 is 2.80 bits per heavy atom. The van der Waals surface area contributed by atoms with E-state index in [1.807, 2.05) is 6.07 Å². The van der Waals surface area contributed by atoms with Crippen LogP contribution in [-0.4, -0.2) is 85.9 Å². The molecule has 0 radical (unpaired) electrons. The van der Waals surface area contributed by atoms with Crippen LogP contribution in [0.25, 0.3) is 10.1 Å². The van der Waals surface area contributed by atoms with Crippen LogP contribution in [0.5, 0.6) is 0 Å². The van der Waals surface area contributed by atoms with E-state index in [4.69, 9.17) is 9.47 Å². The number of nitrogens with zero attached hydrogens (tertiary/aromatic N) is 3. The molecule has 3 aromatic rings. The van der Waals surface area contributed by atoms with E-state index in [0.717, 1.165) is 36.3 Å². The number of thiophene rings is 1. The van der Waals surface area contributed by atoms with Gasteiger partial charge in [0.1, 0.15) is 0 Å². The highest BCUT2D eigenvalue weighted by Gasteiger charge is 2.32. The van der Waals surface area contributed by atoms with Crippen LogP contribution >= 0.6 is 11.3 Å². The second-order valence-electron chi connectivity index (χ2n) is 10.4. The lowest BCUT2D eigenvalue weighted by Crippen LogP contribution is -2.45. The standard InChI is InChI=1S/C29H34F3N5O3S/c1-36-10-7-24-20(18-36)8-12-39-14-15-40-13-11-37-19-21(17-34-37)28(38)33-9-3-6-26-23(16-29(30,31)32)22-4-2-5-25(35-24)27(22)41-26/h2,4-5,17,19-20,24,35H,7-16,18H2,1H3,(H,33,38)/t20-,24+/m1/s1. The number of hydrogen-bond donors (Lipinski definition) is 2. The van der Waals surface area contributed by atoms with Crippen molar-refractivity contribution in [1.29, 1.82) is 0 Å². The van der Waals surface area contributed by atoms with E-state index in [0.29, 0.717) is 54.7 Å². The molecule has 2 aliphatic heterocycles. The van der Waals surface area contributed by atoms with Gasteiger partial charge in [-0.25, -0.2) is 0 Å². The number of aromatic nitrogens is 2. The number of nitrogens with one attached hydrogen (secondary N) is 2. The third-order valence-electron chi connectivity index (χ3n) is 7.38. The fraction of sp³-hybridized carbons (Fsp3) is 0.517. The largest absolute Gasteiger partial charge is 0.393 e. The van der Waals surface area contributed by atoms with E-state index < -0.39 is 12.6 Å². The number of piperidine rings is 1. The van der Waals surface area contributed by atoms with Crippen LogP contribution in [0.4, 0.5) is 18.9 Å². The molecule has 0 saturated carbocycles. The van der Waals surface area contributed by atoms with Gasteiger partial charge >= 0.3 is 6.18 Å². The quantitative estimate of drug-likeness (QED) is 0.416. The van der Waals surface area contributed by atoms with E-state index in [1.54, 1.807) is 23.0 Å². The van der Waals surface area contributed by atoms with Crippen molar-refractivity contribution in [3.05, 3.63) is 46.6 Å². The number of amides is 1. The van der Waals surface area contributed by atoms with E-state index in [2.05, 4.69) is 39.5 Å². The zero-order chi connectivity index (χ0) is 28.8. The molecule has 4 heterocycles. The van der Waals surface area contributed by atoms with Crippen LogP contribution in [0.1, 0.15) is 33.6 Å². The predicted octanol–water partition coefficient (Wildman–Crippen LogP) is 4.15. The summed E-state index contributed by atoms with van der Waals surface area (Å²) in [4.78, 5) is 15.2. The molecule has 4 bridgehead atoms. The first-order valence-electron chi connectivity index (χ1n) is 13.8. The summed E-state index contributed by atoms with van der Waals surface area (Å²) in [5.74, 6) is 5.72. The molecule has 0 aliphatic carbocycles. The Labute approximate surface area is 241 Å². The van der Waals surface area contributed by atoms with Crippen molar-refractivity contribution in [2.45, 2.75) is 38.0 Å². The van der Waals surface area contributed by atoms with Crippen molar-refractivity contribution in [2.24, 2.45) is 5.92 Å². The van der Waals surface area contributed by atoms with Crippen molar-refractivity contribution in [3.8, 4) is 11.8 Å². The zero-order valence-electron chi connectivity index (χ0n) is 22.9. The minimum atomic E-state index is -4.38. The summed E-state index contributed by atoms with van der Waals surface area (Å²) in [5, 5.41) is 11.1. The van der Waals surface area contributed by atoms with Gasteiger partial charge in [0.05, 0.1) is 66.4 Å². The van der Waals surface area contributed by atoms with Crippen LogP contribution in [0, 0.1) is 17.8 Å². The molecule has 220 valence electrons. The van der Waals surface area contributed by atoms with Crippen LogP contribution in [0.15, 0.2) is 30.6 Å². The Morgan fingerprint density at radius 2 is 1.98 bits per heavy atom. The predicted molar refractivity (Wildman–Crippen MR) is 152 cm³/mol. The second-order valence-corrected chi connectivity index (χ2v) is 11.5. The Kier molecular flexibility index (Phi) is 9.49. The smallest absolute Gasteiger partial charge is 0.381 e. The molecule has 1 fully saturated rings. The van der Waals surface area contributed by atoms with Gasteiger partial charge in [0.25, 0.3) is 5.91 Å². The number of likely N-dealkylation sites (tertiary alicyclic amines) is 1. The van der Waals surface area contributed by atoms with Crippen LogP contribution in [-0.2, 0) is 22.4 Å². The number of halogens is 3. The fourth-order valence-electron chi connectivity index (χ4n) is 5.33. The maximum absolute atomic E-state index is 13.6. The molecule has 0 unspecified atom stereocenters. The Morgan fingerprint density at radius 1 is 1.15 bits per heavy atom. The molecule has 2 N–H and O–H groups in total. The maximum Gasteiger partial charge on any atom is 0.393 e. The molecule has 2 atom stereocenters. The average Bonchev–Trinajstić information content (AvgIpc) is 3.54. The number of ether oxygens (including phenoxy) is 2. The highest BCUT2D eigenvalue weighted by atomic mass is 32.1. The molecule has 0 spiro atoms. The number of rotatable bonds is 1. The second kappa shape index (κ2) is 13.2. The first-order valence-corrected chi connectivity index (χ1v) is 14.6. The molecule has 1 saturated heterocycles. The summed E-state index contributed by atoms with van der Waals surface area (Å²) in [5.41, 5.74) is 1.36. The average molecular weight is 590 g/mol. The first-order chi connectivity index (χ1) is 19.8. The summed E-state index contributed by atoms with van der Waals surface area (Å²) in [6.45, 7) is 4.30. The van der Waals surface area contributed by atoms with Gasteiger partial charge in [0, 0.05) is 25.4 Å². The van der Waals surface area contributed by atoms with E-state index >= 15 is 0 Å². The molecular weight excluding hydrogens is 555 g/mol. The molecule has 2 aromatic heterocycles. The van der Waals surface area contributed by atoms with Crippen molar-refractivity contribution < 1.29 is 27.4 Å². The van der Waals surface area contributed by atoms with Gasteiger partial charge in [0.2, 0.25) is 0 Å². The van der Waals surface area contributed by atoms with E-state index in [-0.39, 0.29) is 24.1 Å². The van der Waals surface area contributed by atoms with Gasteiger partial charge in [0.15, 0.2) is 0 Å². The summed E-state index contributed by atoms with van der Waals surface area (Å²) in [7, 11) is 2.11. The maximum atomic E-state index is 13.6. The Balaban J connectivity index is 1.44. The van der Waals surface area contributed by atoms with E-state index in [1.165, 1.54) is 17.5 Å². The minimum absolute atomic E-state index is 0.00476. The molecule has 2 aliphatic rings. The Hall–Kier alpha value is -3.11. The summed E-state index contributed by atoms with van der Waals surface area (Å²) < 4.78 is 54.8. The molecule has 1 amide bonds. The van der Waals surface area contributed by atoms with Crippen LogP contribution < -0.4 is 10.6 Å². The summed E-state index contributed by atoms with van der Waals surface area (Å²) in [6.07, 6.45) is -0.586. The number of carbonyl (C=O) groups excluding carboxylic acids is 1. The molecule has 41 heavy (non-hydrogen) atoms. The fourth-order valence-corrected chi connectivity index (χ4v) is 6.50. The minimum Gasteiger partial charge on any atom is -0.381 e. The summed E-state index contributed by atoms with van der Waals surface area (Å²) >= 11 is 1.26. The number of carbonyl (C=O) groups is 1. The zero-order valence-corrected chi connectivity index (χ0v) is 23.7. The molecule has 5 rings (SSSR count). The van der Waals surface area contributed by atoms with Crippen molar-refractivity contribution in [3.63, 3.8) is 0 Å². The number of alkyl halides is 3. The monoisotopic (exact) mass is 589 g/mol. The molecule has 8 nitrogen and oxygen atoms in total. The van der Waals surface area contributed by atoms with Crippen molar-refractivity contribution in [1.82, 2.24) is 20.0 Å². The lowest BCUT2D eigenvalue weighted by Gasteiger charge is -2.38. The van der Waals surface area contributed by atoms with Gasteiger partial charge in [-0.3, -0.25) is 9.48 Å². The van der Waals surface area contributed by atoms with Crippen molar-refractivity contribution in [2.75, 3.05) is 58.4 Å². The first kappa shape index (κ1) is 29.4. The van der Waals surface area contributed by atoms with Gasteiger partial charge in [-0.2, -0.15) is 18.3 Å². The van der Waals surface area contributed by atoms with Gasteiger partial charge in [-0.1, -0.05) is 24.0 Å². The van der Waals surface area contributed by atoms with E-state index in [9.17, 15) is 18.0 Å². The summed E-state index contributed by atoms with van der Waals surface area (Å²) in [6, 6.07) is 5.62. The SMILES string of the molecule is CN1CC[C@@H]2Nc3cccc4c(CC(F)(F)F)c(sc34)C#CCNC(=O)c3cnn(c3)CCOCCOCC[C@@H]2C1. The molecule has 1 aromatic carbocycles. The highest BCUT2D eigenvalue weighted by molar-refractivity contribution is 7.20. The third-order valence-corrected chi connectivity index (χ3v) is 8.57. The van der Waals surface area contributed by atoms with Gasteiger partial charge < -0.3 is 25.0 Å². The lowest BCUT2D eigenvalue weighted by molar-refractivity contribution is -0.126. The Bertz CT molecular complexity index is 1410. The van der Waals surface area contributed by atoms with Crippen molar-refractivity contribution >= 4 is 33.0 Å². The topological polar surface area (TPSA) is 80.7 Å².